The van der Waals surface area contributed by atoms with Crippen LogP contribution >= 0.6 is 0 Å². The molecule has 0 aliphatic heterocycles. The van der Waals surface area contributed by atoms with Crippen molar-refractivity contribution in [2.45, 2.75) is 12.6 Å². The quantitative estimate of drug-likeness (QED) is 0.652. The normalized spacial score (nSPS) is 12.4. The first-order chi connectivity index (χ1) is 12.1. The summed E-state index contributed by atoms with van der Waals surface area (Å²) >= 11 is 0. The fourth-order valence-corrected chi connectivity index (χ4v) is 2.37. The van der Waals surface area contributed by atoms with Gasteiger partial charge in [0.25, 0.3) is 0 Å². The van der Waals surface area contributed by atoms with E-state index in [1.165, 1.54) is 18.2 Å². The second-order valence-electron chi connectivity index (χ2n) is 5.33. The molecule has 25 heavy (non-hydrogen) atoms. The highest BCUT2D eigenvalue weighted by molar-refractivity contribution is 5.84. The van der Waals surface area contributed by atoms with Crippen molar-refractivity contribution in [1.29, 1.82) is 0 Å². The zero-order valence-corrected chi connectivity index (χ0v) is 13.2. The maximum absolute atomic E-state index is 14.2. The molecule has 3 rings (SSSR count). The summed E-state index contributed by atoms with van der Waals surface area (Å²) in [6, 6.07) is 17.6. The van der Waals surface area contributed by atoms with Gasteiger partial charge in [-0.15, -0.1) is 0 Å². The minimum Gasteiger partial charge on any atom is -0.475 e. The summed E-state index contributed by atoms with van der Waals surface area (Å²) in [6.07, 6.45) is 0. The summed E-state index contributed by atoms with van der Waals surface area (Å²) in [6.45, 7) is 0.332. The number of furan rings is 1. The number of aromatic carboxylic acids is 1. The molecule has 0 saturated carbocycles. The molecule has 1 heterocycles. The Bertz CT molecular complexity index is 890. The molecule has 0 saturated heterocycles. The van der Waals surface area contributed by atoms with E-state index in [0.29, 0.717) is 6.54 Å². The first kappa shape index (κ1) is 16.6. The van der Waals surface area contributed by atoms with E-state index in [2.05, 4.69) is 10.2 Å². The first-order valence-corrected chi connectivity index (χ1v) is 7.63. The predicted octanol–water partition coefficient (Wildman–Crippen LogP) is 4.86. The van der Waals surface area contributed by atoms with Gasteiger partial charge in [0.1, 0.15) is 11.6 Å². The first-order valence-electron chi connectivity index (χ1n) is 7.63. The molecule has 1 N–H and O–H groups in total. The molecule has 0 aliphatic carbocycles. The molecular weight excluding hydrogens is 323 g/mol. The Hall–Kier alpha value is -3.28. The monoisotopic (exact) mass is 338 g/mol. The van der Waals surface area contributed by atoms with Crippen molar-refractivity contribution in [3.63, 3.8) is 0 Å². The molecule has 3 aromatic rings. The van der Waals surface area contributed by atoms with Gasteiger partial charge in [-0.3, -0.25) is 0 Å². The molecule has 0 aliphatic rings. The molecule has 5 nitrogen and oxygen atoms in total. The minimum atomic E-state index is -1.19. The second-order valence-corrected chi connectivity index (χ2v) is 5.33. The third-order valence-electron chi connectivity index (χ3n) is 3.60. The third kappa shape index (κ3) is 3.98. The number of benzene rings is 2. The fourth-order valence-electron chi connectivity index (χ4n) is 2.37. The van der Waals surface area contributed by atoms with Gasteiger partial charge in [0.2, 0.25) is 5.76 Å². The zero-order valence-electron chi connectivity index (χ0n) is 13.2. The van der Waals surface area contributed by atoms with Crippen molar-refractivity contribution in [3.8, 4) is 0 Å². The van der Waals surface area contributed by atoms with E-state index < -0.39 is 17.8 Å². The summed E-state index contributed by atoms with van der Waals surface area (Å²) in [4.78, 5) is 11.0. The number of hydrogen-bond donors (Lipinski definition) is 1. The van der Waals surface area contributed by atoms with Crippen molar-refractivity contribution in [1.82, 2.24) is 0 Å². The number of azo groups is 1. The van der Waals surface area contributed by atoms with Crippen LogP contribution in [0.15, 0.2) is 81.4 Å². The van der Waals surface area contributed by atoms with Crippen molar-refractivity contribution < 1.29 is 18.7 Å². The third-order valence-corrected chi connectivity index (χ3v) is 3.60. The largest absolute Gasteiger partial charge is 0.475 e. The van der Waals surface area contributed by atoms with Crippen LogP contribution in [0.3, 0.4) is 0 Å². The van der Waals surface area contributed by atoms with Crippen LogP contribution in [-0.2, 0) is 6.54 Å². The Morgan fingerprint density at radius 3 is 2.44 bits per heavy atom. The maximum atomic E-state index is 14.2. The molecule has 1 aromatic heterocycles. The maximum Gasteiger partial charge on any atom is 0.371 e. The molecule has 0 fully saturated rings. The van der Waals surface area contributed by atoms with Gasteiger partial charge < -0.3 is 9.52 Å². The Kier molecular flexibility index (Phi) is 4.99. The van der Waals surface area contributed by atoms with Gasteiger partial charge in [0, 0.05) is 5.56 Å². The van der Waals surface area contributed by atoms with Gasteiger partial charge in [0.15, 0.2) is 6.04 Å². The molecule has 2 aromatic carbocycles. The van der Waals surface area contributed by atoms with Crippen LogP contribution in [0.2, 0.25) is 0 Å². The van der Waals surface area contributed by atoms with Crippen LogP contribution in [0.25, 0.3) is 0 Å². The Balaban J connectivity index is 1.91. The van der Waals surface area contributed by atoms with Crippen LogP contribution < -0.4 is 0 Å². The van der Waals surface area contributed by atoms with E-state index >= 15 is 0 Å². The number of nitrogens with zero attached hydrogens (tertiary/aromatic N) is 2. The number of rotatable bonds is 6. The van der Waals surface area contributed by atoms with E-state index in [9.17, 15) is 9.18 Å². The minimum absolute atomic E-state index is 0.222. The number of halogens is 1. The summed E-state index contributed by atoms with van der Waals surface area (Å²) in [5.74, 6) is -1.66. The molecule has 0 spiro atoms. The van der Waals surface area contributed by atoms with Crippen LogP contribution in [0, 0.1) is 5.82 Å². The van der Waals surface area contributed by atoms with Crippen LogP contribution in [0.1, 0.15) is 33.5 Å². The molecule has 0 radical (unpaired) electrons. The van der Waals surface area contributed by atoms with Gasteiger partial charge in [-0.2, -0.15) is 10.2 Å². The van der Waals surface area contributed by atoms with Crippen LogP contribution in [0.4, 0.5) is 4.39 Å². The highest BCUT2D eigenvalue weighted by Crippen LogP contribution is 2.30. The molecular formula is C19H15FN2O3. The lowest BCUT2D eigenvalue weighted by atomic mass is 10.1. The summed E-state index contributed by atoms with van der Waals surface area (Å²) in [5.41, 5.74) is 1.23. The summed E-state index contributed by atoms with van der Waals surface area (Å²) in [7, 11) is 0. The van der Waals surface area contributed by atoms with Crippen molar-refractivity contribution >= 4 is 5.97 Å². The number of carbonyl (C=O) groups is 1. The van der Waals surface area contributed by atoms with Gasteiger partial charge in [-0.05, 0) is 23.8 Å². The topological polar surface area (TPSA) is 75.2 Å². The average Bonchev–Trinajstić information content (AvgIpc) is 3.11. The number of hydrogen-bond acceptors (Lipinski definition) is 4. The lowest BCUT2D eigenvalue weighted by Crippen LogP contribution is -2.00. The lowest BCUT2D eigenvalue weighted by molar-refractivity contribution is 0.0660. The molecule has 1 unspecified atom stereocenters. The van der Waals surface area contributed by atoms with E-state index in [-0.39, 0.29) is 17.1 Å². The molecule has 0 bridgehead atoms. The summed E-state index contributed by atoms with van der Waals surface area (Å²) in [5, 5.41) is 17.3. The Morgan fingerprint density at radius 1 is 1.04 bits per heavy atom. The van der Waals surface area contributed by atoms with E-state index in [4.69, 9.17) is 9.52 Å². The summed E-state index contributed by atoms with van der Waals surface area (Å²) < 4.78 is 19.5. The van der Waals surface area contributed by atoms with Gasteiger partial charge in [-0.25, -0.2) is 9.18 Å². The van der Waals surface area contributed by atoms with Gasteiger partial charge >= 0.3 is 5.97 Å². The molecule has 6 heteroatoms. The zero-order chi connectivity index (χ0) is 17.6. The number of carboxylic acids is 1. The van der Waals surface area contributed by atoms with Gasteiger partial charge in [-0.1, -0.05) is 48.5 Å². The molecule has 1 atom stereocenters. The van der Waals surface area contributed by atoms with Crippen molar-refractivity contribution in [2.24, 2.45) is 10.2 Å². The highest BCUT2D eigenvalue weighted by atomic mass is 19.1. The molecule has 0 amide bonds. The Labute approximate surface area is 143 Å². The smallest absolute Gasteiger partial charge is 0.371 e. The van der Waals surface area contributed by atoms with Crippen molar-refractivity contribution in [2.75, 3.05) is 0 Å². The standard InChI is InChI=1S/C19H15FN2O3/c20-15-9-5-4-8-14(15)18(16-10-11-17(25-16)19(23)24)22-21-12-13-6-2-1-3-7-13/h1-11,18H,12H2,(H,23,24). The van der Waals surface area contributed by atoms with E-state index in [1.807, 2.05) is 30.3 Å². The SMILES string of the molecule is O=C(O)c1ccc(C(N=NCc2ccccc2)c2ccccc2F)o1. The van der Waals surface area contributed by atoms with Crippen LogP contribution in [-0.4, -0.2) is 11.1 Å². The van der Waals surface area contributed by atoms with E-state index in [0.717, 1.165) is 5.56 Å². The van der Waals surface area contributed by atoms with Crippen LogP contribution in [0.5, 0.6) is 0 Å². The highest BCUT2D eigenvalue weighted by Gasteiger charge is 2.22. The number of carboxylic acid groups (broad SMARTS) is 1. The van der Waals surface area contributed by atoms with E-state index in [1.54, 1.807) is 18.2 Å². The van der Waals surface area contributed by atoms with Crippen molar-refractivity contribution in [3.05, 3.63) is 95.2 Å². The van der Waals surface area contributed by atoms with Gasteiger partial charge in [0.05, 0.1) is 6.54 Å². The predicted molar refractivity (Wildman–Crippen MR) is 88.9 cm³/mol. The fraction of sp³-hybridized carbons (Fsp3) is 0.105. The second kappa shape index (κ2) is 7.53. The molecule has 126 valence electrons. The average molecular weight is 338 g/mol. The Morgan fingerprint density at radius 2 is 1.76 bits per heavy atom. The lowest BCUT2D eigenvalue weighted by Gasteiger charge is -2.10.